The molecule has 0 aliphatic heterocycles. The molecular weight excluding hydrogens is 242 g/mol. The molecule has 2 heterocycles. The number of Topliss-reactive ketones (excluding diaryl/α,β-unsaturated/α-hetero) is 1. The van der Waals surface area contributed by atoms with Gasteiger partial charge in [0.2, 0.25) is 0 Å². The van der Waals surface area contributed by atoms with Crippen molar-refractivity contribution in [3.8, 4) is 0 Å². The number of aromatic nitrogens is 3. The predicted molar refractivity (Wildman–Crippen MR) is 69.8 cm³/mol. The molecule has 1 aliphatic rings. The smallest absolute Gasteiger partial charge is 0.166 e. The number of carbonyl (C=O) groups excluding carboxylic acids is 1. The zero-order chi connectivity index (χ0) is 13.8. The van der Waals surface area contributed by atoms with Crippen molar-refractivity contribution in [2.45, 2.75) is 44.6 Å². The first-order valence-electron chi connectivity index (χ1n) is 6.44. The lowest BCUT2D eigenvalue weighted by atomic mass is 9.99. The maximum atomic E-state index is 11.8. The van der Waals surface area contributed by atoms with E-state index in [2.05, 4.69) is 10.2 Å². The van der Waals surface area contributed by atoms with Crippen molar-refractivity contribution in [1.29, 1.82) is 0 Å². The Bertz CT molecular complexity index is 663. The summed E-state index contributed by atoms with van der Waals surface area (Å²) in [6.07, 6.45) is 3.51. The number of hydrogen-bond donors (Lipinski definition) is 1. The zero-order valence-electron chi connectivity index (χ0n) is 11.3. The van der Waals surface area contributed by atoms with Gasteiger partial charge in [-0.1, -0.05) is 6.07 Å². The van der Waals surface area contributed by atoms with Gasteiger partial charge in [0.05, 0.1) is 11.0 Å². The van der Waals surface area contributed by atoms with Crippen LogP contribution in [0.25, 0.3) is 5.65 Å². The quantitative estimate of drug-likeness (QED) is 0.908. The van der Waals surface area contributed by atoms with Crippen LogP contribution in [0.2, 0.25) is 0 Å². The van der Waals surface area contributed by atoms with Gasteiger partial charge in [-0.2, -0.15) is 0 Å². The van der Waals surface area contributed by atoms with E-state index in [0.29, 0.717) is 17.0 Å². The Morgan fingerprint density at radius 3 is 2.63 bits per heavy atom. The van der Waals surface area contributed by atoms with Gasteiger partial charge in [-0.25, -0.2) is 0 Å². The molecule has 0 unspecified atom stereocenters. The molecule has 1 saturated carbocycles. The number of nitrogens with zero attached hydrogens (tertiary/aromatic N) is 3. The van der Waals surface area contributed by atoms with Crippen LogP contribution in [-0.4, -0.2) is 25.5 Å². The molecule has 0 atom stereocenters. The van der Waals surface area contributed by atoms with Crippen molar-refractivity contribution >= 4 is 11.4 Å². The van der Waals surface area contributed by atoms with Gasteiger partial charge < -0.3 is 5.11 Å². The van der Waals surface area contributed by atoms with Gasteiger partial charge >= 0.3 is 0 Å². The normalized spacial score (nSPS) is 17.7. The number of aliphatic hydroxyl groups is 1. The number of ketones is 1. The second kappa shape index (κ2) is 3.63. The molecule has 5 heteroatoms. The minimum atomic E-state index is -0.986. The minimum absolute atomic E-state index is 0.135. The van der Waals surface area contributed by atoms with Crippen LogP contribution >= 0.6 is 0 Å². The summed E-state index contributed by atoms with van der Waals surface area (Å²) in [5.74, 6) is 0.830. The molecule has 19 heavy (non-hydrogen) atoms. The summed E-state index contributed by atoms with van der Waals surface area (Å²) >= 11 is 0. The van der Waals surface area contributed by atoms with E-state index in [1.165, 1.54) is 0 Å². The number of carbonyl (C=O) groups is 1. The molecule has 2 aromatic heterocycles. The summed E-state index contributed by atoms with van der Waals surface area (Å²) in [5, 5.41) is 18.6. The van der Waals surface area contributed by atoms with Gasteiger partial charge in [0.1, 0.15) is 5.78 Å². The highest BCUT2D eigenvalue weighted by Crippen LogP contribution is 2.48. The third-order valence-electron chi connectivity index (χ3n) is 3.95. The Morgan fingerprint density at radius 1 is 1.42 bits per heavy atom. The summed E-state index contributed by atoms with van der Waals surface area (Å²) in [5.41, 5.74) is -0.108. The van der Waals surface area contributed by atoms with Crippen LogP contribution in [-0.2, 0) is 15.8 Å². The van der Waals surface area contributed by atoms with Crippen molar-refractivity contribution in [2.75, 3.05) is 0 Å². The molecule has 1 fully saturated rings. The Kier molecular flexibility index (Phi) is 2.35. The van der Waals surface area contributed by atoms with Crippen molar-refractivity contribution in [3.63, 3.8) is 0 Å². The van der Waals surface area contributed by atoms with Crippen LogP contribution < -0.4 is 0 Å². The number of rotatable bonds is 3. The van der Waals surface area contributed by atoms with E-state index in [1.807, 2.05) is 22.7 Å². The maximum absolute atomic E-state index is 11.8. The van der Waals surface area contributed by atoms with Gasteiger partial charge in [0.25, 0.3) is 0 Å². The van der Waals surface area contributed by atoms with Crippen molar-refractivity contribution in [1.82, 2.24) is 14.6 Å². The molecule has 0 spiro atoms. The summed E-state index contributed by atoms with van der Waals surface area (Å²) < 4.78 is 1.84. The van der Waals surface area contributed by atoms with Gasteiger partial charge in [0.15, 0.2) is 11.5 Å². The fourth-order valence-electron chi connectivity index (χ4n) is 2.58. The highest BCUT2D eigenvalue weighted by atomic mass is 16.3. The number of hydrogen-bond acceptors (Lipinski definition) is 4. The van der Waals surface area contributed by atoms with Crippen molar-refractivity contribution in [3.05, 3.63) is 29.7 Å². The van der Waals surface area contributed by atoms with Crippen molar-refractivity contribution in [2.24, 2.45) is 0 Å². The third kappa shape index (κ3) is 1.69. The first kappa shape index (κ1) is 12.3. The van der Waals surface area contributed by atoms with Crippen LogP contribution in [0.4, 0.5) is 0 Å². The molecule has 0 saturated heterocycles. The average molecular weight is 259 g/mol. The van der Waals surface area contributed by atoms with Crippen LogP contribution in [0.1, 0.15) is 45.0 Å². The van der Waals surface area contributed by atoms with E-state index in [9.17, 15) is 9.90 Å². The second-order valence-electron chi connectivity index (χ2n) is 5.84. The third-order valence-corrected chi connectivity index (χ3v) is 3.95. The lowest BCUT2D eigenvalue weighted by Crippen LogP contribution is -2.21. The van der Waals surface area contributed by atoms with Crippen LogP contribution in [0.3, 0.4) is 0 Å². The lowest BCUT2D eigenvalue weighted by molar-refractivity contribution is -0.119. The van der Waals surface area contributed by atoms with Gasteiger partial charge in [-0.15, -0.1) is 10.2 Å². The SMILES string of the molecule is CC(=O)C1(c2nnc3c(C(C)(C)O)cccn23)CC1. The fourth-order valence-corrected chi connectivity index (χ4v) is 2.58. The largest absolute Gasteiger partial charge is 0.386 e. The molecular formula is C14H17N3O2. The topological polar surface area (TPSA) is 67.5 Å². The molecule has 0 aromatic carbocycles. The van der Waals surface area contributed by atoms with Crippen molar-refractivity contribution < 1.29 is 9.90 Å². The van der Waals surface area contributed by atoms with Gasteiger partial charge in [-0.05, 0) is 39.7 Å². The summed E-state index contributed by atoms with van der Waals surface area (Å²) in [7, 11) is 0. The molecule has 3 rings (SSSR count). The molecule has 2 aromatic rings. The van der Waals surface area contributed by atoms with E-state index in [-0.39, 0.29) is 5.78 Å². The Labute approximate surface area is 111 Å². The van der Waals surface area contributed by atoms with Gasteiger partial charge in [-0.3, -0.25) is 9.20 Å². The Balaban J connectivity index is 2.24. The zero-order valence-corrected chi connectivity index (χ0v) is 11.3. The first-order valence-corrected chi connectivity index (χ1v) is 6.44. The Hall–Kier alpha value is -1.75. The first-order chi connectivity index (χ1) is 8.86. The highest BCUT2D eigenvalue weighted by Gasteiger charge is 2.52. The average Bonchev–Trinajstić information content (AvgIpc) is 3.02. The molecule has 0 amide bonds. The molecule has 0 bridgehead atoms. The van der Waals surface area contributed by atoms with Crippen LogP contribution in [0.15, 0.2) is 18.3 Å². The van der Waals surface area contributed by atoms with Gasteiger partial charge in [0, 0.05) is 11.8 Å². The fraction of sp³-hybridized carbons (Fsp3) is 0.500. The summed E-state index contributed by atoms with van der Waals surface area (Å²) in [6, 6.07) is 3.69. The van der Waals surface area contributed by atoms with Crippen LogP contribution in [0.5, 0.6) is 0 Å². The molecule has 0 radical (unpaired) electrons. The highest BCUT2D eigenvalue weighted by molar-refractivity contribution is 5.90. The molecule has 5 nitrogen and oxygen atoms in total. The predicted octanol–water partition coefficient (Wildman–Crippen LogP) is 1.58. The number of pyridine rings is 1. The Morgan fingerprint density at radius 2 is 2.11 bits per heavy atom. The molecule has 1 aliphatic carbocycles. The van der Waals surface area contributed by atoms with E-state index < -0.39 is 11.0 Å². The standard InChI is InChI=1S/C14H17N3O2/c1-9(18)14(6-7-14)12-16-15-11-10(13(2,3)19)5-4-8-17(11)12/h4-5,8,19H,6-7H2,1-3H3. The maximum Gasteiger partial charge on any atom is 0.166 e. The minimum Gasteiger partial charge on any atom is -0.386 e. The second-order valence-corrected chi connectivity index (χ2v) is 5.84. The summed E-state index contributed by atoms with van der Waals surface area (Å²) in [4.78, 5) is 11.8. The van der Waals surface area contributed by atoms with E-state index >= 15 is 0 Å². The summed E-state index contributed by atoms with van der Waals surface area (Å²) in [6.45, 7) is 5.04. The monoisotopic (exact) mass is 259 g/mol. The van der Waals surface area contributed by atoms with E-state index in [1.54, 1.807) is 20.8 Å². The van der Waals surface area contributed by atoms with E-state index in [0.717, 1.165) is 12.8 Å². The molecule has 100 valence electrons. The molecule has 1 N–H and O–H groups in total. The van der Waals surface area contributed by atoms with E-state index in [4.69, 9.17) is 0 Å². The number of fused-ring (bicyclic) bond motifs is 1. The van der Waals surface area contributed by atoms with Crippen LogP contribution in [0, 0.1) is 0 Å². The lowest BCUT2D eigenvalue weighted by Gasteiger charge is -2.18.